The van der Waals surface area contributed by atoms with Crippen LogP contribution in [-0.4, -0.2) is 10.2 Å². The number of nitrogens with zero attached hydrogens (tertiary/aromatic N) is 2. The Bertz CT molecular complexity index is 697. The fraction of sp³-hybridized carbons (Fsp3) is 0.0588. The van der Waals surface area contributed by atoms with Crippen molar-refractivity contribution >= 4 is 11.6 Å². The SMILES string of the molecule is Clc1ccc(-c2ccc(OCc3ccccc3)cc2)nn1. The smallest absolute Gasteiger partial charge is 0.151 e. The van der Waals surface area contributed by atoms with Gasteiger partial charge in [0.05, 0.1) is 5.69 Å². The third kappa shape index (κ3) is 3.58. The van der Waals surface area contributed by atoms with Crippen LogP contribution in [0.25, 0.3) is 11.3 Å². The Morgan fingerprint density at radius 3 is 2.24 bits per heavy atom. The predicted octanol–water partition coefficient (Wildman–Crippen LogP) is 4.38. The number of aromatic nitrogens is 2. The van der Waals surface area contributed by atoms with Crippen molar-refractivity contribution in [2.75, 3.05) is 0 Å². The number of halogens is 1. The van der Waals surface area contributed by atoms with E-state index in [4.69, 9.17) is 16.3 Å². The lowest BCUT2D eigenvalue weighted by Gasteiger charge is -2.07. The van der Waals surface area contributed by atoms with Gasteiger partial charge in [0.1, 0.15) is 12.4 Å². The van der Waals surface area contributed by atoms with Gasteiger partial charge in [-0.2, -0.15) is 0 Å². The summed E-state index contributed by atoms with van der Waals surface area (Å²) in [5.41, 5.74) is 2.91. The van der Waals surface area contributed by atoms with Crippen molar-refractivity contribution in [2.45, 2.75) is 6.61 Å². The van der Waals surface area contributed by atoms with Crippen molar-refractivity contribution in [1.29, 1.82) is 0 Å². The maximum absolute atomic E-state index is 5.74. The predicted molar refractivity (Wildman–Crippen MR) is 83.3 cm³/mol. The minimum Gasteiger partial charge on any atom is -0.489 e. The zero-order valence-electron chi connectivity index (χ0n) is 11.2. The highest BCUT2D eigenvalue weighted by atomic mass is 35.5. The van der Waals surface area contributed by atoms with Crippen LogP contribution >= 0.6 is 11.6 Å². The summed E-state index contributed by atoms with van der Waals surface area (Å²) in [6.45, 7) is 0.556. The van der Waals surface area contributed by atoms with Crippen molar-refractivity contribution in [3.05, 3.63) is 77.4 Å². The summed E-state index contributed by atoms with van der Waals surface area (Å²) in [6, 6.07) is 21.4. The Labute approximate surface area is 128 Å². The topological polar surface area (TPSA) is 35.0 Å². The Kier molecular flexibility index (Phi) is 4.12. The Balaban J connectivity index is 1.68. The maximum atomic E-state index is 5.74. The molecule has 0 spiro atoms. The average molecular weight is 297 g/mol. The van der Waals surface area contributed by atoms with E-state index in [0.29, 0.717) is 11.8 Å². The normalized spacial score (nSPS) is 10.3. The van der Waals surface area contributed by atoms with Crippen LogP contribution in [0.3, 0.4) is 0 Å². The summed E-state index contributed by atoms with van der Waals surface area (Å²) in [6.07, 6.45) is 0. The van der Waals surface area contributed by atoms with E-state index in [0.717, 1.165) is 22.6 Å². The van der Waals surface area contributed by atoms with E-state index in [2.05, 4.69) is 10.2 Å². The van der Waals surface area contributed by atoms with Crippen LogP contribution in [-0.2, 0) is 6.61 Å². The first-order valence-corrected chi connectivity index (χ1v) is 6.95. The fourth-order valence-electron chi connectivity index (χ4n) is 1.93. The van der Waals surface area contributed by atoms with Gasteiger partial charge in [-0.15, -0.1) is 10.2 Å². The first-order chi connectivity index (χ1) is 10.3. The summed E-state index contributed by atoms with van der Waals surface area (Å²) in [5.74, 6) is 0.824. The molecule has 4 heteroatoms. The highest BCUT2D eigenvalue weighted by Crippen LogP contribution is 2.21. The molecule has 0 bridgehead atoms. The number of rotatable bonds is 4. The highest BCUT2D eigenvalue weighted by molar-refractivity contribution is 6.29. The monoisotopic (exact) mass is 296 g/mol. The van der Waals surface area contributed by atoms with Crippen molar-refractivity contribution in [3.63, 3.8) is 0 Å². The lowest BCUT2D eigenvalue weighted by atomic mass is 10.1. The van der Waals surface area contributed by atoms with Gasteiger partial charge in [-0.1, -0.05) is 41.9 Å². The van der Waals surface area contributed by atoms with Crippen molar-refractivity contribution in [2.24, 2.45) is 0 Å². The van der Waals surface area contributed by atoms with E-state index in [1.54, 1.807) is 6.07 Å². The Morgan fingerprint density at radius 2 is 1.57 bits per heavy atom. The quantitative estimate of drug-likeness (QED) is 0.717. The second-order valence-electron chi connectivity index (χ2n) is 4.54. The molecule has 0 aliphatic carbocycles. The van der Waals surface area contributed by atoms with E-state index in [9.17, 15) is 0 Å². The zero-order valence-corrected chi connectivity index (χ0v) is 12.0. The molecule has 0 unspecified atom stereocenters. The van der Waals surface area contributed by atoms with Crippen LogP contribution < -0.4 is 4.74 Å². The lowest BCUT2D eigenvalue weighted by molar-refractivity contribution is 0.306. The van der Waals surface area contributed by atoms with Gasteiger partial charge in [0.15, 0.2) is 5.15 Å². The summed E-state index contributed by atoms with van der Waals surface area (Å²) < 4.78 is 5.74. The van der Waals surface area contributed by atoms with Crippen LogP contribution in [0.1, 0.15) is 5.56 Å². The first-order valence-electron chi connectivity index (χ1n) is 6.58. The van der Waals surface area contributed by atoms with Gasteiger partial charge in [0.2, 0.25) is 0 Å². The van der Waals surface area contributed by atoms with Crippen LogP contribution in [0.2, 0.25) is 5.15 Å². The molecule has 0 atom stereocenters. The lowest BCUT2D eigenvalue weighted by Crippen LogP contribution is -1.95. The van der Waals surface area contributed by atoms with Gasteiger partial charge in [-0.3, -0.25) is 0 Å². The molecule has 2 aromatic carbocycles. The van der Waals surface area contributed by atoms with Crippen molar-refractivity contribution in [3.8, 4) is 17.0 Å². The molecule has 0 radical (unpaired) electrons. The second-order valence-corrected chi connectivity index (χ2v) is 4.93. The van der Waals surface area contributed by atoms with E-state index in [1.807, 2.05) is 60.7 Å². The maximum Gasteiger partial charge on any atom is 0.151 e. The van der Waals surface area contributed by atoms with Crippen LogP contribution in [0.4, 0.5) is 0 Å². The Morgan fingerprint density at radius 1 is 0.810 bits per heavy atom. The molecular weight excluding hydrogens is 284 g/mol. The zero-order chi connectivity index (χ0) is 14.5. The molecule has 0 fully saturated rings. The third-order valence-corrected chi connectivity index (χ3v) is 3.23. The summed E-state index contributed by atoms with van der Waals surface area (Å²) in [5, 5.41) is 8.28. The number of benzene rings is 2. The van der Waals surface area contributed by atoms with Gasteiger partial charge < -0.3 is 4.74 Å². The molecule has 3 aromatic rings. The third-order valence-electron chi connectivity index (χ3n) is 3.03. The van der Waals surface area contributed by atoms with Crippen LogP contribution in [0.15, 0.2) is 66.7 Å². The van der Waals surface area contributed by atoms with E-state index in [1.165, 1.54) is 0 Å². The average Bonchev–Trinajstić information content (AvgIpc) is 2.55. The Hall–Kier alpha value is -2.39. The molecule has 21 heavy (non-hydrogen) atoms. The summed E-state index contributed by atoms with van der Waals surface area (Å²) in [4.78, 5) is 0. The van der Waals surface area contributed by atoms with Gasteiger partial charge >= 0.3 is 0 Å². The summed E-state index contributed by atoms with van der Waals surface area (Å²) >= 11 is 5.73. The van der Waals surface area contributed by atoms with Crippen molar-refractivity contribution < 1.29 is 4.74 Å². The molecule has 0 aliphatic rings. The van der Waals surface area contributed by atoms with E-state index >= 15 is 0 Å². The molecule has 3 rings (SSSR count). The molecule has 0 saturated heterocycles. The molecule has 3 nitrogen and oxygen atoms in total. The van der Waals surface area contributed by atoms with Gasteiger partial charge in [-0.25, -0.2) is 0 Å². The highest BCUT2D eigenvalue weighted by Gasteiger charge is 2.01. The van der Waals surface area contributed by atoms with Gasteiger partial charge in [0, 0.05) is 5.56 Å². The molecule has 1 heterocycles. The fourth-order valence-corrected chi connectivity index (χ4v) is 2.03. The minimum absolute atomic E-state index is 0.390. The van der Waals surface area contributed by atoms with Crippen molar-refractivity contribution in [1.82, 2.24) is 10.2 Å². The number of ether oxygens (including phenoxy) is 1. The largest absolute Gasteiger partial charge is 0.489 e. The summed E-state index contributed by atoms with van der Waals surface area (Å²) in [7, 11) is 0. The number of hydrogen-bond acceptors (Lipinski definition) is 3. The van der Waals surface area contributed by atoms with Crippen LogP contribution in [0, 0.1) is 0 Å². The second kappa shape index (κ2) is 6.37. The van der Waals surface area contributed by atoms with E-state index < -0.39 is 0 Å². The molecule has 104 valence electrons. The van der Waals surface area contributed by atoms with Crippen LogP contribution in [0.5, 0.6) is 5.75 Å². The molecular formula is C17H13ClN2O. The molecule has 0 amide bonds. The molecule has 0 N–H and O–H groups in total. The molecule has 1 aromatic heterocycles. The van der Waals surface area contributed by atoms with Gasteiger partial charge in [-0.05, 0) is 42.0 Å². The number of hydrogen-bond donors (Lipinski definition) is 0. The standard InChI is InChI=1S/C17H13ClN2O/c18-17-11-10-16(19-20-17)14-6-8-15(9-7-14)21-12-13-4-2-1-3-5-13/h1-11H,12H2. The molecule has 0 saturated carbocycles. The first kappa shape index (κ1) is 13.6. The minimum atomic E-state index is 0.390. The molecule has 0 aliphatic heterocycles. The van der Waals surface area contributed by atoms with Gasteiger partial charge in [0.25, 0.3) is 0 Å². The van der Waals surface area contributed by atoms with E-state index in [-0.39, 0.29) is 0 Å².